The Morgan fingerprint density at radius 2 is 1.79 bits per heavy atom. The summed E-state index contributed by atoms with van der Waals surface area (Å²) in [5.74, 6) is 1.56. The average Bonchev–Trinajstić information content (AvgIpc) is 3.16. The zero-order valence-electron chi connectivity index (χ0n) is 13.9. The number of aryl methyl sites for hydroxylation is 4. The van der Waals surface area contributed by atoms with Crippen LogP contribution in [0.3, 0.4) is 0 Å². The maximum Gasteiger partial charge on any atom is 0.323 e. The summed E-state index contributed by atoms with van der Waals surface area (Å²) in [6, 6.07) is 3.98. The van der Waals surface area contributed by atoms with Gasteiger partial charge in [0.25, 0.3) is 0 Å². The zero-order chi connectivity index (χ0) is 17.0. The Hall–Kier alpha value is -3.02. The number of furan rings is 1. The third-order valence-electron chi connectivity index (χ3n) is 4.38. The van der Waals surface area contributed by atoms with Gasteiger partial charge in [0.2, 0.25) is 0 Å². The van der Waals surface area contributed by atoms with Gasteiger partial charge in [0.15, 0.2) is 0 Å². The van der Waals surface area contributed by atoms with E-state index in [2.05, 4.69) is 15.1 Å². The van der Waals surface area contributed by atoms with Gasteiger partial charge in [-0.25, -0.2) is 4.79 Å². The molecule has 6 heteroatoms. The number of hydrogen-bond donors (Lipinski definition) is 2. The summed E-state index contributed by atoms with van der Waals surface area (Å²) in [6.07, 6.45) is 1.73. The molecule has 0 amide bonds. The Bertz CT molecular complexity index is 1090. The number of fused-ring (bicyclic) bond motifs is 1. The molecule has 0 fully saturated rings. The van der Waals surface area contributed by atoms with Crippen LogP contribution in [0.5, 0.6) is 0 Å². The summed E-state index contributed by atoms with van der Waals surface area (Å²) in [7, 11) is 0. The first-order valence-electron chi connectivity index (χ1n) is 7.70. The predicted octanol–water partition coefficient (Wildman–Crippen LogP) is 4.00. The van der Waals surface area contributed by atoms with E-state index in [-0.39, 0.29) is 5.69 Å². The van der Waals surface area contributed by atoms with Gasteiger partial charge in [-0.1, -0.05) is 5.16 Å². The zero-order valence-corrected chi connectivity index (χ0v) is 13.9. The Morgan fingerprint density at radius 1 is 1.00 bits per heavy atom. The van der Waals surface area contributed by atoms with Crippen LogP contribution >= 0.6 is 0 Å². The molecular weight excluding hydrogens is 306 g/mol. The maximum absolute atomic E-state index is 11.8. The highest BCUT2D eigenvalue weighted by Crippen LogP contribution is 2.37. The van der Waals surface area contributed by atoms with E-state index in [9.17, 15) is 4.79 Å². The molecule has 2 N–H and O–H groups in total. The number of rotatable bonds is 2. The van der Waals surface area contributed by atoms with Crippen LogP contribution in [0.2, 0.25) is 0 Å². The minimum atomic E-state index is -0.235. The summed E-state index contributed by atoms with van der Waals surface area (Å²) in [6.45, 7) is 7.70. The molecule has 0 aliphatic rings. The van der Waals surface area contributed by atoms with Gasteiger partial charge in [-0.15, -0.1) is 0 Å². The molecule has 1 aromatic carbocycles. The summed E-state index contributed by atoms with van der Waals surface area (Å²) in [5.41, 5.74) is 6.91. The second-order valence-electron chi connectivity index (χ2n) is 6.07. The number of aromatic nitrogens is 3. The van der Waals surface area contributed by atoms with Crippen LogP contribution in [0.1, 0.15) is 22.8 Å². The second-order valence-corrected chi connectivity index (χ2v) is 6.07. The van der Waals surface area contributed by atoms with Crippen LogP contribution < -0.4 is 5.69 Å². The summed E-state index contributed by atoms with van der Waals surface area (Å²) < 4.78 is 10.8. The molecule has 4 rings (SSSR count). The highest BCUT2D eigenvalue weighted by atomic mass is 16.5. The average molecular weight is 323 g/mol. The van der Waals surface area contributed by atoms with Gasteiger partial charge in [0.05, 0.1) is 23.0 Å². The van der Waals surface area contributed by atoms with Gasteiger partial charge in [-0.3, -0.25) is 0 Å². The molecular formula is C18H17N3O3. The molecule has 0 radical (unpaired) electrons. The van der Waals surface area contributed by atoms with Crippen molar-refractivity contribution in [2.45, 2.75) is 27.7 Å². The first-order valence-corrected chi connectivity index (χ1v) is 7.70. The maximum atomic E-state index is 11.8. The van der Waals surface area contributed by atoms with E-state index in [1.165, 1.54) is 0 Å². The number of hydrogen-bond acceptors (Lipinski definition) is 4. The van der Waals surface area contributed by atoms with Gasteiger partial charge in [0.1, 0.15) is 11.5 Å². The quantitative estimate of drug-likeness (QED) is 0.583. The number of nitrogens with one attached hydrogen (secondary N) is 2. The molecule has 0 spiro atoms. The van der Waals surface area contributed by atoms with Crippen molar-refractivity contribution in [3.8, 4) is 22.3 Å². The second kappa shape index (κ2) is 4.99. The van der Waals surface area contributed by atoms with Crippen LogP contribution in [-0.2, 0) is 0 Å². The number of nitrogens with zero attached hydrogens (tertiary/aromatic N) is 1. The first kappa shape index (κ1) is 14.6. The fourth-order valence-corrected chi connectivity index (χ4v) is 3.35. The molecule has 0 aliphatic heterocycles. The van der Waals surface area contributed by atoms with Crippen LogP contribution in [0.15, 0.2) is 32.1 Å². The summed E-state index contributed by atoms with van der Waals surface area (Å²) in [5, 5.41) is 4.03. The van der Waals surface area contributed by atoms with Crippen molar-refractivity contribution < 1.29 is 8.94 Å². The van der Waals surface area contributed by atoms with Gasteiger partial charge >= 0.3 is 5.69 Å². The molecule has 0 unspecified atom stereocenters. The summed E-state index contributed by atoms with van der Waals surface area (Å²) >= 11 is 0. The molecule has 0 saturated heterocycles. The lowest BCUT2D eigenvalue weighted by Crippen LogP contribution is -1.99. The smallest absolute Gasteiger partial charge is 0.323 e. The SMILES string of the molecule is Cc1coc(C)c1-c1cc(-c2c(C)noc2C)cc2[nH]c(=O)[nH]c12. The van der Waals surface area contributed by atoms with Crippen molar-refractivity contribution in [2.24, 2.45) is 0 Å². The third-order valence-corrected chi connectivity index (χ3v) is 4.38. The van der Waals surface area contributed by atoms with Crippen molar-refractivity contribution in [3.05, 3.63) is 51.7 Å². The molecule has 3 heterocycles. The standard InChI is InChI=1S/C18H17N3O3/c1-8-7-23-10(3)15(8)13-5-12(16-9(2)21-24-11(16)4)6-14-17(13)20-18(22)19-14/h5-7H,1-4H3,(H2,19,20,22). The van der Waals surface area contributed by atoms with E-state index in [1.807, 2.05) is 39.8 Å². The minimum absolute atomic E-state index is 0.235. The topological polar surface area (TPSA) is 87.8 Å². The largest absolute Gasteiger partial charge is 0.469 e. The number of H-pyrrole nitrogens is 2. The van der Waals surface area contributed by atoms with Crippen LogP contribution in [0.4, 0.5) is 0 Å². The molecule has 6 nitrogen and oxygen atoms in total. The van der Waals surface area contributed by atoms with Crippen molar-refractivity contribution in [1.82, 2.24) is 15.1 Å². The van der Waals surface area contributed by atoms with E-state index in [0.717, 1.165) is 56.1 Å². The van der Waals surface area contributed by atoms with E-state index < -0.39 is 0 Å². The molecule has 3 aromatic heterocycles. The third kappa shape index (κ3) is 2.03. The van der Waals surface area contributed by atoms with Gasteiger partial charge in [-0.05, 0) is 51.0 Å². The lowest BCUT2D eigenvalue weighted by atomic mass is 9.95. The molecule has 0 atom stereocenters. The van der Waals surface area contributed by atoms with E-state index in [4.69, 9.17) is 8.94 Å². The van der Waals surface area contributed by atoms with Crippen LogP contribution in [0.25, 0.3) is 33.3 Å². The predicted molar refractivity (Wildman–Crippen MR) is 91.1 cm³/mol. The highest BCUT2D eigenvalue weighted by molar-refractivity contribution is 5.97. The van der Waals surface area contributed by atoms with Gasteiger partial charge < -0.3 is 18.9 Å². The molecule has 0 bridgehead atoms. The monoisotopic (exact) mass is 323 g/mol. The molecule has 0 saturated carbocycles. The Labute approximate surface area is 137 Å². The minimum Gasteiger partial charge on any atom is -0.469 e. The number of benzene rings is 1. The lowest BCUT2D eigenvalue weighted by molar-refractivity contribution is 0.393. The van der Waals surface area contributed by atoms with E-state index >= 15 is 0 Å². The van der Waals surface area contributed by atoms with E-state index in [0.29, 0.717) is 0 Å². The lowest BCUT2D eigenvalue weighted by Gasteiger charge is -2.08. The van der Waals surface area contributed by atoms with Crippen molar-refractivity contribution >= 4 is 11.0 Å². The van der Waals surface area contributed by atoms with Crippen molar-refractivity contribution in [2.75, 3.05) is 0 Å². The molecule has 24 heavy (non-hydrogen) atoms. The normalized spacial score (nSPS) is 11.5. The Kier molecular flexibility index (Phi) is 3.03. The number of aromatic amines is 2. The van der Waals surface area contributed by atoms with Crippen molar-refractivity contribution in [1.29, 1.82) is 0 Å². The van der Waals surface area contributed by atoms with Gasteiger partial charge in [0, 0.05) is 16.7 Å². The Balaban J connectivity index is 2.11. The van der Waals surface area contributed by atoms with Crippen LogP contribution in [0, 0.1) is 27.7 Å². The first-order chi connectivity index (χ1) is 11.5. The van der Waals surface area contributed by atoms with Gasteiger partial charge in [-0.2, -0.15) is 0 Å². The van der Waals surface area contributed by atoms with Crippen molar-refractivity contribution in [3.63, 3.8) is 0 Å². The van der Waals surface area contributed by atoms with Crippen LogP contribution in [-0.4, -0.2) is 15.1 Å². The molecule has 4 aromatic rings. The molecule has 0 aliphatic carbocycles. The number of imidazole rings is 1. The Morgan fingerprint density at radius 3 is 2.42 bits per heavy atom. The highest BCUT2D eigenvalue weighted by Gasteiger charge is 2.19. The molecule has 122 valence electrons. The fraction of sp³-hybridized carbons (Fsp3) is 0.222. The van der Waals surface area contributed by atoms with E-state index in [1.54, 1.807) is 6.26 Å². The summed E-state index contributed by atoms with van der Waals surface area (Å²) in [4.78, 5) is 17.6. The fourth-order valence-electron chi connectivity index (χ4n) is 3.35.